The molecule has 27 heavy (non-hydrogen) atoms. The van der Waals surface area contributed by atoms with Gasteiger partial charge in [0, 0.05) is 30.8 Å². The van der Waals surface area contributed by atoms with Crippen LogP contribution in [-0.2, 0) is 16.0 Å². The molecule has 0 spiro atoms. The fraction of sp³-hybridized carbons (Fsp3) is 0.524. The molecule has 0 saturated carbocycles. The van der Waals surface area contributed by atoms with Gasteiger partial charge in [-0.3, -0.25) is 9.59 Å². The number of amides is 1. The molecule has 1 amide bonds. The number of rotatable bonds is 11. The zero-order valence-electron chi connectivity index (χ0n) is 15.5. The van der Waals surface area contributed by atoms with Crippen LogP contribution in [0.25, 0.3) is 0 Å². The summed E-state index contributed by atoms with van der Waals surface area (Å²) in [5.74, 6) is -0.606. The molecule has 0 aliphatic carbocycles. The topological polar surface area (TPSA) is 77.8 Å². The highest BCUT2D eigenvalue weighted by Crippen LogP contribution is 2.21. The van der Waals surface area contributed by atoms with E-state index in [9.17, 15) is 14.7 Å². The Balaban J connectivity index is 1.77. The van der Waals surface area contributed by atoms with Crippen LogP contribution in [-0.4, -0.2) is 45.7 Å². The molecular weight excluding hydrogens is 366 g/mol. The Morgan fingerprint density at radius 1 is 1.30 bits per heavy atom. The average Bonchev–Trinajstić information content (AvgIpc) is 2.96. The molecule has 5 nitrogen and oxygen atoms in total. The molecule has 1 aromatic carbocycles. The lowest BCUT2D eigenvalue weighted by Gasteiger charge is -2.22. The molecule has 2 N–H and O–H groups in total. The molecule has 6 heteroatoms. The van der Waals surface area contributed by atoms with Crippen LogP contribution in [0.2, 0.25) is 5.02 Å². The van der Waals surface area contributed by atoms with Gasteiger partial charge in [-0.2, -0.15) is 0 Å². The van der Waals surface area contributed by atoms with Gasteiger partial charge in [-0.05, 0) is 37.0 Å². The Morgan fingerprint density at radius 2 is 2.07 bits per heavy atom. The van der Waals surface area contributed by atoms with Gasteiger partial charge in [0.1, 0.15) is 0 Å². The van der Waals surface area contributed by atoms with E-state index >= 15 is 0 Å². The van der Waals surface area contributed by atoms with Gasteiger partial charge in [-0.1, -0.05) is 48.7 Å². The van der Waals surface area contributed by atoms with Crippen LogP contribution < -0.4 is 0 Å². The molecule has 0 bridgehead atoms. The van der Waals surface area contributed by atoms with Crippen LogP contribution in [0, 0.1) is 0 Å². The van der Waals surface area contributed by atoms with Crippen molar-refractivity contribution in [2.75, 3.05) is 6.54 Å². The first kappa shape index (κ1) is 21.5. The van der Waals surface area contributed by atoms with Crippen molar-refractivity contribution in [3.05, 3.63) is 47.0 Å². The second kappa shape index (κ2) is 11.1. The average molecular weight is 394 g/mol. The molecule has 1 aliphatic heterocycles. The Labute approximate surface area is 165 Å². The van der Waals surface area contributed by atoms with Crippen molar-refractivity contribution >= 4 is 23.5 Å². The van der Waals surface area contributed by atoms with Crippen LogP contribution in [0.15, 0.2) is 36.4 Å². The van der Waals surface area contributed by atoms with E-state index < -0.39 is 12.1 Å². The largest absolute Gasteiger partial charge is 0.481 e. The summed E-state index contributed by atoms with van der Waals surface area (Å²) in [6.45, 7) is 0.686. The number of aliphatic hydroxyl groups excluding tert-OH is 1. The summed E-state index contributed by atoms with van der Waals surface area (Å²) in [6.07, 6.45) is 8.45. The van der Waals surface area contributed by atoms with Crippen LogP contribution >= 0.6 is 11.6 Å². The SMILES string of the molecule is O=C(O)CCCCCCN1C(=O)CCC1C=CC(O)Cc1cccc(Cl)c1. The summed E-state index contributed by atoms with van der Waals surface area (Å²) >= 11 is 5.97. The van der Waals surface area contributed by atoms with Crippen molar-refractivity contribution in [1.82, 2.24) is 4.90 Å². The number of halogens is 1. The monoisotopic (exact) mass is 393 g/mol. The highest BCUT2D eigenvalue weighted by molar-refractivity contribution is 6.30. The van der Waals surface area contributed by atoms with Crippen LogP contribution in [0.1, 0.15) is 50.5 Å². The molecule has 1 saturated heterocycles. The highest BCUT2D eigenvalue weighted by atomic mass is 35.5. The second-order valence-corrected chi connectivity index (χ2v) is 7.47. The van der Waals surface area contributed by atoms with Gasteiger partial charge >= 0.3 is 5.97 Å². The standard InChI is InChI=1S/C21H28ClNO4/c22-17-7-5-6-16(14-17)15-19(24)11-9-18-10-12-20(25)23(18)13-4-2-1-3-8-21(26)27/h5-7,9,11,14,18-19,24H,1-4,8,10,12-13,15H2,(H,26,27). The highest BCUT2D eigenvalue weighted by Gasteiger charge is 2.28. The molecule has 0 aromatic heterocycles. The number of hydrogen-bond donors (Lipinski definition) is 2. The molecule has 1 aliphatic rings. The van der Waals surface area contributed by atoms with E-state index in [1.54, 1.807) is 12.1 Å². The van der Waals surface area contributed by atoms with Crippen LogP contribution in [0.3, 0.4) is 0 Å². The molecule has 1 fully saturated rings. The van der Waals surface area contributed by atoms with E-state index in [0.717, 1.165) is 31.2 Å². The van der Waals surface area contributed by atoms with Crippen molar-refractivity contribution in [2.24, 2.45) is 0 Å². The first-order valence-electron chi connectivity index (χ1n) is 9.58. The van der Waals surface area contributed by atoms with Crippen molar-refractivity contribution in [2.45, 2.75) is 63.5 Å². The summed E-state index contributed by atoms with van der Waals surface area (Å²) in [6, 6.07) is 7.47. The van der Waals surface area contributed by atoms with Gasteiger partial charge in [0.2, 0.25) is 5.91 Å². The minimum atomic E-state index is -0.758. The number of carboxylic acids is 1. The third-order valence-electron chi connectivity index (χ3n) is 4.80. The second-order valence-electron chi connectivity index (χ2n) is 7.04. The number of aliphatic hydroxyl groups is 1. The van der Waals surface area contributed by atoms with E-state index in [0.29, 0.717) is 30.8 Å². The number of hydrogen-bond acceptors (Lipinski definition) is 3. The van der Waals surface area contributed by atoms with Gasteiger partial charge < -0.3 is 15.1 Å². The predicted molar refractivity (Wildman–Crippen MR) is 106 cm³/mol. The number of carbonyl (C=O) groups is 2. The lowest BCUT2D eigenvalue weighted by Crippen LogP contribution is -2.32. The first-order chi connectivity index (χ1) is 13.0. The maximum absolute atomic E-state index is 12.1. The third kappa shape index (κ3) is 7.73. The maximum Gasteiger partial charge on any atom is 0.303 e. The Bertz CT molecular complexity index is 661. The van der Waals surface area contributed by atoms with E-state index in [4.69, 9.17) is 16.7 Å². The number of aliphatic carboxylic acids is 1. The molecule has 1 aromatic rings. The van der Waals surface area contributed by atoms with Crippen LogP contribution in [0.5, 0.6) is 0 Å². The van der Waals surface area contributed by atoms with E-state index in [-0.39, 0.29) is 18.4 Å². The minimum absolute atomic E-state index is 0.0329. The zero-order chi connectivity index (χ0) is 19.6. The van der Waals surface area contributed by atoms with Crippen molar-refractivity contribution in [3.63, 3.8) is 0 Å². The Hall–Kier alpha value is -1.85. The third-order valence-corrected chi connectivity index (χ3v) is 5.04. The number of carbonyl (C=O) groups excluding carboxylic acids is 1. The lowest BCUT2D eigenvalue weighted by atomic mass is 10.1. The fourth-order valence-corrected chi connectivity index (χ4v) is 3.60. The maximum atomic E-state index is 12.1. The molecule has 2 rings (SSSR count). The normalized spacial score (nSPS) is 18.4. The number of benzene rings is 1. The predicted octanol–water partition coefficient (Wildman–Crippen LogP) is 3.83. The number of likely N-dealkylation sites (tertiary alicyclic amines) is 1. The fourth-order valence-electron chi connectivity index (χ4n) is 3.39. The minimum Gasteiger partial charge on any atom is -0.481 e. The van der Waals surface area contributed by atoms with Gasteiger partial charge in [0.05, 0.1) is 12.1 Å². The molecule has 2 unspecified atom stereocenters. The Morgan fingerprint density at radius 3 is 2.81 bits per heavy atom. The summed E-state index contributed by atoms with van der Waals surface area (Å²) in [7, 11) is 0. The summed E-state index contributed by atoms with van der Waals surface area (Å²) in [5, 5.41) is 19.5. The molecule has 0 radical (unpaired) electrons. The molecule has 2 atom stereocenters. The summed E-state index contributed by atoms with van der Waals surface area (Å²) in [5.41, 5.74) is 0.973. The van der Waals surface area contributed by atoms with Gasteiger partial charge in [0.15, 0.2) is 0 Å². The van der Waals surface area contributed by atoms with Gasteiger partial charge in [-0.25, -0.2) is 0 Å². The summed E-state index contributed by atoms with van der Waals surface area (Å²) < 4.78 is 0. The number of nitrogens with zero attached hydrogens (tertiary/aromatic N) is 1. The van der Waals surface area contributed by atoms with Crippen molar-refractivity contribution in [1.29, 1.82) is 0 Å². The van der Waals surface area contributed by atoms with Crippen molar-refractivity contribution < 1.29 is 19.8 Å². The lowest BCUT2D eigenvalue weighted by molar-refractivity contribution is -0.137. The van der Waals surface area contributed by atoms with Crippen molar-refractivity contribution in [3.8, 4) is 0 Å². The Kier molecular flexibility index (Phi) is 8.82. The number of unbranched alkanes of at least 4 members (excludes halogenated alkanes) is 3. The summed E-state index contributed by atoms with van der Waals surface area (Å²) in [4.78, 5) is 24.5. The smallest absolute Gasteiger partial charge is 0.303 e. The zero-order valence-corrected chi connectivity index (χ0v) is 16.3. The van der Waals surface area contributed by atoms with E-state index in [2.05, 4.69) is 0 Å². The molecule has 1 heterocycles. The van der Waals surface area contributed by atoms with E-state index in [1.807, 2.05) is 29.2 Å². The van der Waals surface area contributed by atoms with Gasteiger partial charge in [0.25, 0.3) is 0 Å². The van der Waals surface area contributed by atoms with E-state index in [1.165, 1.54) is 0 Å². The molecule has 148 valence electrons. The molecular formula is C21H28ClNO4. The quantitative estimate of drug-likeness (QED) is 0.442. The number of carboxylic acid groups (broad SMARTS) is 1. The van der Waals surface area contributed by atoms with Gasteiger partial charge in [-0.15, -0.1) is 0 Å². The first-order valence-corrected chi connectivity index (χ1v) is 9.95. The van der Waals surface area contributed by atoms with Crippen LogP contribution in [0.4, 0.5) is 0 Å².